The minimum Gasteiger partial charge on any atom is -0.207 e. The number of benzene rings is 1. The highest BCUT2D eigenvalue weighted by Gasteiger charge is 2.18. The van der Waals surface area contributed by atoms with Gasteiger partial charge >= 0.3 is 0 Å². The van der Waals surface area contributed by atoms with Crippen molar-refractivity contribution >= 4 is 42.3 Å². The normalized spacial score (nSPS) is 11.1. The predicted molar refractivity (Wildman–Crippen MR) is 66.3 cm³/mol. The average Bonchev–Trinajstić information content (AvgIpc) is 2.16. The summed E-state index contributed by atoms with van der Waals surface area (Å²) in [6.45, 7) is 1.88. The zero-order chi connectivity index (χ0) is 11.6. The molecule has 0 aromatic heterocycles. The Labute approximate surface area is 107 Å². The van der Waals surface area contributed by atoms with Crippen LogP contribution in [0.5, 0.6) is 0 Å². The maximum Gasteiger partial charge on any atom is 0.262 e. The third-order valence-electron chi connectivity index (χ3n) is 1.89. The summed E-state index contributed by atoms with van der Waals surface area (Å²) in [6, 6.07) is 5.13. The van der Waals surface area contributed by atoms with Gasteiger partial charge in [0.25, 0.3) is 9.05 Å². The Morgan fingerprint density at radius 3 is 2.53 bits per heavy atom. The quantitative estimate of drug-likeness (QED) is 0.605. The minimum atomic E-state index is -3.79. The molecule has 1 rings (SSSR count). The fraction of sp³-hybridized carbons (Fsp3) is 0.222. The van der Waals surface area contributed by atoms with E-state index in [0.717, 1.165) is 5.56 Å². The van der Waals surface area contributed by atoms with Crippen molar-refractivity contribution in [3.05, 3.63) is 26.8 Å². The highest BCUT2D eigenvalue weighted by molar-refractivity contribution is 14.1. The van der Waals surface area contributed by atoms with Crippen LogP contribution < -0.4 is 0 Å². The van der Waals surface area contributed by atoms with Gasteiger partial charge < -0.3 is 0 Å². The van der Waals surface area contributed by atoms with E-state index in [0.29, 0.717) is 15.6 Å². The van der Waals surface area contributed by atoms with Crippen LogP contribution in [-0.2, 0) is 15.5 Å². The zero-order valence-corrected chi connectivity index (χ0v) is 11.5. The summed E-state index contributed by atoms with van der Waals surface area (Å²) in [5, 5.41) is 8.84. The van der Waals surface area contributed by atoms with E-state index in [-0.39, 0.29) is 4.90 Å². The summed E-state index contributed by atoms with van der Waals surface area (Å²) in [6.07, 6.45) is 0.658. The van der Waals surface area contributed by atoms with E-state index in [2.05, 4.69) is 0 Å². The van der Waals surface area contributed by atoms with Gasteiger partial charge in [-0.3, -0.25) is 0 Å². The molecule has 0 aliphatic heterocycles. The van der Waals surface area contributed by atoms with Gasteiger partial charge in [0.2, 0.25) is 0 Å². The largest absolute Gasteiger partial charge is 0.262 e. The van der Waals surface area contributed by atoms with Gasteiger partial charge in [-0.25, -0.2) is 8.42 Å². The van der Waals surface area contributed by atoms with Crippen molar-refractivity contribution in [1.82, 2.24) is 0 Å². The Kier molecular flexibility index (Phi) is 3.98. The van der Waals surface area contributed by atoms with E-state index in [4.69, 9.17) is 15.9 Å². The lowest BCUT2D eigenvalue weighted by Crippen LogP contribution is -1.99. The molecule has 0 amide bonds. The first-order valence-electron chi connectivity index (χ1n) is 4.07. The molecule has 1 aromatic carbocycles. The van der Waals surface area contributed by atoms with Crippen LogP contribution in [0.3, 0.4) is 0 Å². The fourth-order valence-electron chi connectivity index (χ4n) is 1.12. The molecule has 0 spiro atoms. The smallest absolute Gasteiger partial charge is 0.207 e. The molecule has 0 N–H and O–H groups in total. The first-order valence-corrected chi connectivity index (χ1v) is 7.46. The number of halogens is 2. The lowest BCUT2D eigenvalue weighted by molar-refractivity contribution is 0.609. The number of hydrogen-bond donors (Lipinski definition) is 0. The molecular formula is C9H7ClINO2S. The highest BCUT2D eigenvalue weighted by Crippen LogP contribution is 2.26. The molecule has 0 saturated heterocycles. The van der Waals surface area contributed by atoms with Crippen molar-refractivity contribution in [2.24, 2.45) is 0 Å². The van der Waals surface area contributed by atoms with E-state index in [9.17, 15) is 8.42 Å². The monoisotopic (exact) mass is 355 g/mol. The standard InChI is InChI=1S/C9H7ClINO2S/c1-2-6-3-7(5-12)9(11)8(4-6)15(10,13)14/h3-4H,2H2,1H3. The molecule has 0 aliphatic carbocycles. The maximum absolute atomic E-state index is 11.2. The van der Waals surface area contributed by atoms with Gasteiger partial charge in [-0.15, -0.1) is 0 Å². The molecule has 0 heterocycles. The summed E-state index contributed by atoms with van der Waals surface area (Å²) in [5.74, 6) is 0. The van der Waals surface area contributed by atoms with Crippen LogP contribution in [0.1, 0.15) is 18.1 Å². The Hall–Kier alpha value is -0.320. The third-order valence-corrected chi connectivity index (χ3v) is 4.76. The molecule has 0 saturated carbocycles. The van der Waals surface area contributed by atoms with Crippen LogP contribution in [0.15, 0.2) is 17.0 Å². The van der Waals surface area contributed by atoms with E-state index < -0.39 is 9.05 Å². The number of hydrogen-bond acceptors (Lipinski definition) is 3. The average molecular weight is 356 g/mol. The number of nitrogens with zero attached hydrogens (tertiary/aromatic N) is 1. The summed E-state index contributed by atoms with van der Waals surface area (Å²) in [5.41, 5.74) is 1.13. The fourth-order valence-corrected chi connectivity index (χ4v) is 3.79. The first kappa shape index (κ1) is 12.7. The summed E-state index contributed by atoms with van der Waals surface area (Å²) in [4.78, 5) is 0.0145. The zero-order valence-electron chi connectivity index (χ0n) is 7.79. The van der Waals surface area contributed by atoms with E-state index in [1.54, 1.807) is 6.07 Å². The van der Waals surface area contributed by atoms with Gasteiger partial charge in [0, 0.05) is 10.7 Å². The Morgan fingerprint density at radius 2 is 2.13 bits per heavy atom. The lowest BCUT2D eigenvalue weighted by atomic mass is 10.1. The summed E-state index contributed by atoms with van der Waals surface area (Å²) >= 11 is 1.81. The Bertz CT molecular complexity index is 534. The molecule has 80 valence electrons. The van der Waals surface area contributed by atoms with Gasteiger partial charge in [-0.2, -0.15) is 5.26 Å². The van der Waals surface area contributed by atoms with Crippen LogP contribution >= 0.6 is 33.3 Å². The van der Waals surface area contributed by atoms with Crippen molar-refractivity contribution in [3.63, 3.8) is 0 Å². The van der Waals surface area contributed by atoms with Gasteiger partial charge in [-0.1, -0.05) is 6.92 Å². The Morgan fingerprint density at radius 1 is 1.53 bits per heavy atom. The van der Waals surface area contributed by atoms with E-state index >= 15 is 0 Å². The number of nitriles is 1. The van der Waals surface area contributed by atoms with Crippen LogP contribution in [-0.4, -0.2) is 8.42 Å². The van der Waals surface area contributed by atoms with Gasteiger partial charge in [-0.05, 0) is 46.7 Å². The van der Waals surface area contributed by atoms with Crippen molar-refractivity contribution in [1.29, 1.82) is 5.26 Å². The maximum atomic E-state index is 11.2. The molecule has 15 heavy (non-hydrogen) atoms. The highest BCUT2D eigenvalue weighted by atomic mass is 127. The van der Waals surface area contributed by atoms with Crippen LogP contribution in [0, 0.1) is 14.9 Å². The van der Waals surface area contributed by atoms with Gasteiger partial charge in [0.15, 0.2) is 0 Å². The predicted octanol–water partition coefficient (Wildman–Crippen LogP) is 2.65. The second kappa shape index (κ2) is 4.68. The molecule has 0 fully saturated rings. The molecule has 0 unspecified atom stereocenters. The number of aryl methyl sites for hydroxylation is 1. The molecule has 0 aliphatic rings. The van der Waals surface area contributed by atoms with E-state index in [1.807, 2.05) is 35.6 Å². The second-order valence-electron chi connectivity index (χ2n) is 2.86. The molecule has 0 atom stereocenters. The second-order valence-corrected chi connectivity index (χ2v) is 6.47. The number of rotatable bonds is 2. The molecule has 0 bridgehead atoms. The molecule has 1 aromatic rings. The lowest BCUT2D eigenvalue weighted by Gasteiger charge is -2.05. The molecule has 6 heteroatoms. The SMILES string of the molecule is CCc1cc(C#N)c(I)c(S(=O)(=O)Cl)c1. The van der Waals surface area contributed by atoms with Crippen LogP contribution in [0.25, 0.3) is 0 Å². The van der Waals surface area contributed by atoms with Gasteiger partial charge in [0.1, 0.15) is 6.07 Å². The van der Waals surface area contributed by atoms with Crippen molar-refractivity contribution in [2.75, 3.05) is 0 Å². The van der Waals surface area contributed by atoms with Crippen molar-refractivity contribution in [3.8, 4) is 6.07 Å². The van der Waals surface area contributed by atoms with E-state index in [1.165, 1.54) is 6.07 Å². The topological polar surface area (TPSA) is 57.9 Å². The van der Waals surface area contributed by atoms with Crippen LogP contribution in [0.4, 0.5) is 0 Å². The summed E-state index contributed by atoms with van der Waals surface area (Å²) < 4.78 is 22.9. The van der Waals surface area contributed by atoms with Crippen LogP contribution in [0.2, 0.25) is 0 Å². The third kappa shape index (κ3) is 2.83. The molecule has 3 nitrogen and oxygen atoms in total. The van der Waals surface area contributed by atoms with Crippen molar-refractivity contribution in [2.45, 2.75) is 18.2 Å². The Balaban J connectivity index is 3.61. The minimum absolute atomic E-state index is 0.0145. The van der Waals surface area contributed by atoms with Crippen molar-refractivity contribution < 1.29 is 8.42 Å². The van der Waals surface area contributed by atoms with Gasteiger partial charge in [0.05, 0.1) is 14.0 Å². The first-order chi connectivity index (χ1) is 6.90. The summed E-state index contributed by atoms with van der Waals surface area (Å²) in [7, 11) is 1.49. The molecular weight excluding hydrogens is 349 g/mol. The molecule has 0 radical (unpaired) electrons.